The van der Waals surface area contributed by atoms with Crippen LogP contribution in [0.4, 0.5) is 0 Å². The van der Waals surface area contributed by atoms with E-state index in [1.165, 1.54) is 45.3 Å². The standard InChI is InChI=1S/C12H24N2O/c1-2-11-10-14(8-6-13-11)7-5-12-4-3-9-15-12/h11-13H,2-10H2,1H3. The van der Waals surface area contributed by atoms with Gasteiger partial charge < -0.3 is 15.0 Å². The van der Waals surface area contributed by atoms with Gasteiger partial charge in [-0.3, -0.25) is 0 Å². The maximum Gasteiger partial charge on any atom is 0.0588 e. The second-order valence-electron chi connectivity index (χ2n) is 4.78. The van der Waals surface area contributed by atoms with Crippen LogP contribution < -0.4 is 5.32 Å². The molecule has 0 spiro atoms. The highest BCUT2D eigenvalue weighted by Crippen LogP contribution is 2.16. The van der Waals surface area contributed by atoms with Gasteiger partial charge in [-0.15, -0.1) is 0 Å². The van der Waals surface area contributed by atoms with Gasteiger partial charge >= 0.3 is 0 Å². The normalized spacial score (nSPS) is 33.4. The molecule has 3 nitrogen and oxygen atoms in total. The molecule has 2 saturated heterocycles. The second-order valence-corrected chi connectivity index (χ2v) is 4.78. The van der Waals surface area contributed by atoms with Crippen molar-refractivity contribution < 1.29 is 4.74 Å². The Morgan fingerprint density at radius 3 is 3.13 bits per heavy atom. The summed E-state index contributed by atoms with van der Waals surface area (Å²) in [7, 11) is 0. The Balaban J connectivity index is 1.65. The van der Waals surface area contributed by atoms with E-state index in [4.69, 9.17) is 4.74 Å². The second kappa shape index (κ2) is 5.83. The topological polar surface area (TPSA) is 24.5 Å². The molecule has 0 aromatic carbocycles. The van der Waals surface area contributed by atoms with Crippen LogP contribution in [0.2, 0.25) is 0 Å². The summed E-state index contributed by atoms with van der Waals surface area (Å²) < 4.78 is 5.65. The van der Waals surface area contributed by atoms with Crippen molar-refractivity contribution in [3.8, 4) is 0 Å². The highest BCUT2D eigenvalue weighted by Gasteiger charge is 2.20. The third kappa shape index (κ3) is 3.44. The Morgan fingerprint density at radius 2 is 2.40 bits per heavy atom. The summed E-state index contributed by atoms with van der Waals surface area (Å²) in [6.45, 7) is 8.07. The highest BCUT2D eigenvalue weighted by atomic mass is 16.5. The van der Waals surface area contributed by atoms with Gasteiger partial charge in [0.15, 0.2) is 0 Å². The molecule has 2 atom stereocenters. The van der Waals surface area contributed by atoms with Gasteiger partial charge in [-0.2, -0.15) is 0 Å². The number of hydrogen-bond acceptors (Lipinski definition) is 3. The molecule has 0 saturated carbocycles. The first kappa shape index (κ1) is 11.4. The quantitative estimate of drug-likeness (QED) is 0.759. The van der Waals surface area contributed by atoms with Crippen molar-refractivity contribution in [2.75, 3.05) is 32.8 Å². The zero-order valence-electron chi connectivity index (χ0n) is 9.87. The van der Waals surface area contributed by atoms with E-state index >= 15 is 0 Å². The van der Waals surface area contributed by atoms with Gasteiger partial charge in [-0.05, 0) is 25.7 Å². The number of piperazine rings is 1. The molecular formula is C12H24N2O. The molecular weight excluding hydrogens is 188 g/mol. The summed E-state index contributed by atoms with van der Waals surface area (Å²) in [5, 5.41) is 3.55. The molecule has 1 N–H and O–H groups in total. The average Bonchev–Trinajstić information content (AvgIpc) is 2.79. The molecule has 0 bridgehead atoms. The van der Waals surface area contributed by atoms with Gasteiger partial charge in [-0.1, -0.05) is 6.92 Å². The van der Waals surface area contributed by atoms with Crippen LogP contribution in [-0.4, -0.2) is 49.8 Å². The lowest BCUT2D eigenvalue weighted by Crippen LogP contribution is -2.50. The van der Waals surface area contributed by atoms with Crippen molar-refractivity contribution in [2.45, 2.75) is 44.8 Å². The zero-order chi connectivity index (χ0) is 10.5. The van der Waals surface area contributed by atoms with Gasteiger partial charge in [0.25, 0.3) is 0 Å². The number of nitrogens with one attached hydrogen (secondary N) is 1. The Morgan fingerprint density at radius 1 is 1.47 bits per heavy atom. The smallest absolute Gasteiger partial charge is 0.0588 e. The molecule has 2 aliphatic rings. The third-order valence-corrected chi connectivity index (χ3v) is 3.62. The summed E-state index contributed by atoms with van der Waals surface area (Å²) in [4.78, 5) is 2.59. The van der Waals surface area contributed by atoms with Crippen LogP contribution in [0.3, 0.4) is 0 Å². The minimum atomic E-state index is 0.556. The number of rotatable bonds is 4. The first-order chi connectivity index (χ1) is 7.38. The van der Waals surface area contributed by atoms with Crippen molar-refractivity contribution in [1.29, 1.82) is 0 Å². The first-order valence-corrected chi connectivity index (χ1v) is 6.46. The molecule has 0 radical (unpaired) electrons. The molecule has 88 valence electrons. The average molecular weight is 212 g/mol. The van der Waals surface area contributed by atoms with Crippen molar-refractivity contribution in [3.63, 3.8) is 0 Å². The fourth-order valence-electron chi connectivity index (χ4n) is 2.57. The highest BCUT2D eigenvalue weighted by molar-refractivity contribution is 4.78. The lowest BCUT2D eigenvalue weighted by molar-refractivity contribution is 0.0864. The number of nitrogens with zero attached hydrogens (tertiary/aromatic N) is 1. The van der Waals surface area contributed by atoms with E-state index in [9.17, 15) is 0 Å². The number of hydrogen-bond donors (Lipinski definition) is 1. The predicted octanol–water partition coefficient (Wildman–Crippen LogP) is 1.24. The van der Waals surface area contributed by atoms with Gasteiger partial charge in [-0.25, -0.2) is 0 Å². The van der Waals surface area contributed by atoms with E-state index in [1.54, 1.807) is 0 Å². The molecule has 0 aromatic heterocycles. The summed E-state index contributed by atoms with van der Waals surface area (Å²) in [6, 6.07) is 0.711. The molecule has 2 aliphatic heterocycles. The van der Waals surface area contributed by atoms with Crippen LogP contribution in [0.25, 0.3) is 0 Å². The van der Waals surface area contributed by atoms with Gasteiger partial charge in [0.05, 0.1) is 6.10 Å². The Hall–Kier alpha value is -0.120. The SMILES string of the molecule is CCC1CN(CCC2CCCO2)CCN1. The van der Waals surface area contributed by atoms with Gasteiger partial charge in [0.1, 0.15) is 0 Å². The monoisotopic (exact) mass is 212 g/mol. The van der Waals surface area contributed by atoms with Crippen molar-refractivity contribution in [3.05, 3.63) is 0 Å². The minimum Gasteiger partial charge on any atom is -0.378 e. The largest absolute Gasteiger partial charge is 0.378 e. The molecule has 0 aliphatic carbocycles. The fourth-order valence-corrected chi connectivity index (χ4v) is 2.57. The van der Waals surface area contributed by atoms with Crippen LogP contribution >= 0.6 is 0 Å². The fraction of sp³-hybridized carbons (Fsp3) is 1.00. The predicted molar refractivity (Wildman–Crippen MR) is 62.1 cm³/mol. The van der Waals surface area contributed by atoms with Crippen LogP contribution in [0.5, 0.6) is 0 Å². The summed E-state index contributed by atoms with van der Waals surface area (Å²) in [5.74, 6) is 0. The molecule has 15 heavy (non-hydrogen) atoms. The maximum absolute atomic E-state index is 5.65. The van der Waals surface area contributed by atoms with Crippen molar-refractivity contribution >= 4 is 0 Å². The van der Waals surface area contributed by atoms with Crippen LogP contribution in [-0.2, 0) is 4.74 Å². The molecule has 2 heterocycles. The van der Waals surface area contributed by atoms with Gasteiger partial charge in [0, 0.05) is 38.8 Å². The van der Waals surface area contributed by atoms with Crippen LogP contribution in [0.1, 0.15) is 32.6 Å². The number of ether oxygens (including phenoxy) is 1. The van der Waals surface area contributed by atoms with E-state index in [-0.39, 0.29) is 0 Å². The van der Waals surface area contributed by atoms with Crippen LogP contribution in [0, 0.1) is 0 Å². The van der Waals surface area contributed by atoms with E-state index in [2.05, 4.69) is 17.1 Å². The summed E-state index contributed by atoms with van der Waals surface area (Å²) >= 11 is 0. The summed E-state index contributed by atoms with van der Waals surface area (Å²) in [5.41, 5.74) is 0. The minimum absolute atomic E-state index is 0.556. The van der Waals surface area contributed by atoms with E-state index in [0.717, 1.165) is 13.2 Å². The Bertz CT molecular complexity index is 180. The van der Waals surface area contributed by atoms with Crippen molar-refractivity contribution in [2.24, 2.45) is 0 Å². The van der Waals surface area contributed by atoms with E-state index in [0.29, 0.717) is 12.1 Å². The van der Waals surface area contributed by atoms with Crippen LogP contribution in [0.15, 0.2) is 0 Å². The molecule has 3 heteroatoms. The van der Waals surface area contributed by atoms with Crippen molar-refractivity contribution in [1.82, 2.24) is 10.2 Å². The Kier molecular flexibility index (Phi) is 4.42. The zero-order valence-corrected chi connectivity index (χ0v) is 9.87. The molecule has 0 amide bonds. The lowest BCUT2D eigenvalue weighted by Gasteiger charge is -2.33. The van der Waals surface area contributed by atoms with E-state index < -0.39 is 0 Å². The maximum atomic E-state index is 5.65. The van der Waals surface area contributed by atoms with Gasteiger partial charge in [0.2, 0.25) is 0 Å². The third-order valence-electron chi connectivity index (χ3n) is 3.62. The van der Waals surface area contributed by atoms with E-state index in [1.807, 2.05) is 0 Å². The summed E-state index contributed by atoms with van der Waals surface area (Å²) in [6.07, 6.45) is 5.58. The molecule has 0 aromatic rings. The molecule has 2 fully saturated rings. The first-order valence-electron chi connectivity index (χ1n) is 6.46. The molecule has 2 unspecified atom stereocenters. The lowest BCUT2D eigenvalue weighted by atomic mass is 10.1. The Labute approximate surface area is 93.2 Å². The molecule has 2 rings (SSSR count).